The normalized spacial score (nSPS) is 19.6. The average molecular weight is 427 g/mol. The molecule has 0 aromatic heterocycles. The largest absolute Gasteiger partial charge is 0.416 e. The Bertz CT molecular complexity index is 813. The van der Waals surface area contributed by atoms with Crippen LogP contribution in [0.15, 0.2) is 24.3 Å². The summed E-state index contributed by atoms with van der Waals surface area (Å²) in [5.41, 5.74) is -2.59. The van der Waals surface area contributed by atoms with Crippen molar-refractivity contribution in [3.63, 3.8) is 0 Å². The summed E-state index contributed by atoms with van der Waals surface area (Å²) in [7, 11) is 0. The van der Waals surface area contributed by atoms with Gasteiger partial charge in [0.25, 0.3) is 5.91 Å². The molecule has 1 aliphatic rings. The third-order valence-electron chi connectivity index (χ3n) is 4.86. The van der Waals surface area contributed by atoms with Crippen molar-refractivity contribution in [1.29, 1.82) is 0 Å². The van der Waals surface area contributed by atoms with E-state index in [4.69, 9.17) is 0 Å². The molecule has 0 saturated carbocycles. The number of nitrogens with zero attached hydrogens (tertiary/aromatic N) is 2. The Labute approximate surface area is 174 Å². The highest BCUT2D eigenvalue weighted by atomic mass is 19.4. The molecule has 1 aromatic rings. The van der Waals surface area contributed by atoms with Gasteiger partial charge in [0.15, 0.2) is 0 Å². The van der Waals surface area contributed by atoms with Crippen LogP contribution in [0.4, 0.5) is 18.0 Å². The molecule has 1 atom stereocenters. The van der Waals surface area contributed by atoms with E-state index in [0.717, 1.165) is 17.0 Å². The third kappa shape index (κ3) is 5.12. The third-order valence-corrected chi connectivity index (χ3v) is 4.86. The Morgan fingerprint density at radius 2 is 1.70 bits per heavy atom. The molecule has 1 heterocycles. The maximum absolute atomic E-state index is 13.1. The summed E-state index contributed by atoms with van der Waals surface area (Å²) in [4.78, 5) is 40.6. The van der Waals surface area contributed by atoms with Crippen molar-refractivity contribution in [3.05, 3.63) is 35.4 Å². The first-order valence-electron chi connectivity index (χ1n) is 9.85. The summed E-state index contributed by atoms with van der Waals surface area (Å²) >= 11 is 0. The van der Waals surface area contributed by atoms with Gasteiger partial charge >= 0.3 is 12.2 Å². The molecule has 1 unspecified atom stereocenters. The van der Waals surface area contributed by atoms with Gasteiger partial charge in [0.1, 0.15) is 12.1 Å². The first kappa shape index (κ1) is 23.7. The van der Waals surface area contributed by atoms with Gasteiger partial charge in [-0.2, -0.15) is 13.2 Å². The van der Waals surface area contributed by atoms with Crippen LogP contribution in [0.3, 0.4) is 0 Å². The molecule has 1 saturated heterocycles. The van der Waals surface area contributed by atoms with E-state index in [1.54, 1.807) is 4.90 Å². The number of urea groups is 1. The van der Waals surface area contributed by atoms with Crippen molar-refractivity contribution in [2.45, 2.75) is 46.3 Å². The minimum Gasteiger partial charge on any atom is -0.341 e. The predicted octanol–water partition coefficient (Wildman–Crippen LogP) is 3.61. The molecule has 6 nitrogen and oxygen atoms in total. The molecular formula is C21H28F3N3O3. The summed E-state index contributed by atoms with van der Waals surface area (Å²) in [6, 6.07) is 3.47. The van der Waals surface area contributed by atoms with Crippen molar-refractivity contribution in [2.75, 3.05) is 19.6 Å². The maximum Gasteiger partial charge on any atom is 0.416 e. The lowest BCUT2D eigenvalue weighted by Crippen LogP contribution is -2.46. The maximum atomic E-state index is 13.1. The van der Waals surface area contributed by atoms with Gasteiger partial charge in [-0.3, -0.25) is 14.5 Å². The molecule has 9 heteroatoms. The summed E-state index contributed by atoms with van der Waals surface area (Å²) in [5, 5.41) is 2.45. The first-order valence-corrected chi connectivity index (χ1v) is 9.85. The van der Waals surface area contributed by atoms with Crippen molar-refractivity contribution < 1.29 is 27.6 Å². The Morgan fingerprint density at radius 1 is 1.13 bits per heavy atom. The molecule has 30 heavy (non-hydrogen) atoms. The number of imide groups is 1. The highest BCUT2D eigenvalue weighted by molar-refractivity contribution is 6.09. The summed E-state index contributed by atoms with van der Waals surface area (Å²) < 4.78 is 39.2. The van der Waals surface area contributed by atoms with Gasteiger partial charge in [-0.25, -0.2) is 4.79 Å². The number of rotatable bonds is 7. The Balaban J connectivity index is 2.26. The topological polar surface area (TPSA) is 69.7 Å². The van der Waals surface area contributed by atoms with Crippen LogP contribution in [0.5, 0.6) is 0 Å². The number of alkyl halides is 3. The van der Waals surface area contributed by atoms with Crippen molar-refractivity contribution in [2.24, 2.45) is 11.8 Å². The molecule has 1 fully saturated rings. The van der Waals surface area contributed by atoms with Crippen LogP contribution in [-0.4, -0.2) is 47.3 Å². The lowest BCUT2D eigenvalue weighted by atomic mass is 9.90. The zero-order valence-electron chi connectivity index (χ0n) is 17.8. The number of amides is 4. The second-order valence-electron chi connectivity index (χ2n) is 8.61. The molecule has 1 aromatic carbocycles. The molecule has 2 rings (SSSR count). The van der Waals surface area contributed by atoms with Gasteiger partial charge in [0.2, 0.25) is 5.91 Å². The molecule has 0 spiro atoms. The van der Waals surface area contributed by atoms with E-state index in [1.807, 2.05) is 27.7 Å². The van der Waals surface area contributed by atoms with E-state index in [2.05, 4.69) is 5.32 Å². The quantitative estimate of drug-likeness (QED) is 0.676. The number of benzene rings is 1. The fraction of sp³-hybridized carbons (Fsp3) is 0.571. The van der Waals surface area contributed by atoms with E-state index in [1.165, 1.54) is 19.1 Å². The van der Waals surface area contributed by atoms with Crippen LogP contribution in [0.25, 0.3) is 0 Å². The summed E-state index contributed by atoms with van der Waals surface area (Å²) in [5.74, 6) is -0.735. The number of nitrogens with one attached hydrogen (secondary N) is 1. The second kappa shape index (κ2) is 8.65. The molecular weight excluding hydrogens is 399 g/mol. The second-order valence-corrected chi connectivity index (χ2v) is 8.61. The van der Waals surface area contributed by atoms with E-state index in [9.17, 15) is 27.6 Å². The number of hydrogen-bond acceptors (Lipinski definition) is 3. The molecule has 1 N–H and O–H groups in total. The number of carbonyl (C=O) groups is 3. The van der Waals surface area contributed by atoms with E-state index >= 15 is 0 Å². The van der Waals surface area contributed by atoms with Gasteiger partial charge in [0.05, 0.1) is 5.56 Å². The van der Waals surface area contributed by atoms with E-state index < -0.39 is 35.8 Å². The van der Waals surface area contributed by atoms with Gasteiger partial charge in [-0.05, 0) is 36.5 Å². The minimum absolute atomic E-state index is 0.00633. The van der Waals surface area contributed by atoms with Crippen molar-refractivity contribution in [1.82, 2.24) is 15.1 Å². The van der Waals surface area contributed by atoms with E-state index in [-0.39, 0.29) is 23.3 Å². The highest BCUT2D eigenvalue weighted by Crippen LogP contribution is 2.34. The SMILES string of the molecule is CC(C)CN(CC(C)C)C(=O)CN1C(=O)NC(C)(c2cccc(C(F)(F)F)c2)C1=O. The molecule has 0 bridgehead atoms. The fourth-order valence-electron chi connectivity index (χ4n) is 3.44. The Kier molecular flexibility index (Phi) is 6.83. The summed E-state index contributed by atoms with van der Waals surface area (Å²) in [6.07, 6.45) is -4.58. The number of hydrogen-bond donors (Lipinski definition) is 1. The minimum atomic E-state index is -4.58. The predicted molar refractivity (Wildman–Crippen MR) is 105 cm³/mol. The van der Waals surface area contributed by atoms with Crippen LogP contribution in [-0.2, 0) is 21.3 Å². The zero-order chi connectivity index (χ0) is 22.9. The molecule has 4 amide bonds. The summed E-state index contributed by atoms with van der Waals surface area (Å²) in [6.45, 7) is 9.67. The molecule has 166 valence electrons. The zero-order valence-corrected chi connectivity index (χ0v) is 17.8. The van der Waals surface area contributed by atoms with Crippen molar-refractivity contribution >= 4 is 17.8 Å². The lowest BCUT2D eigenvalue weighted by molar-refractivity contribution is -0.139. The van der Waals surface area contributed by atoms with Crippen LogP contribution < -0.4 is 5.32 Å². The van der Waals surface area contributed by atoms with Gasteiger partial charge in [-0.15, -0.1) is 0 Å². The van der Waals surface area contributed by atoms with Crippen molar-refractivity contribution in [3.8, 4) is 0 Å². The molecule has 0 aliphatic carbocycles. The molecule has 1 aliphatic heterocycles. The fourth-order valence-corrected chi connectivity index (χ4v) is 3.44. The Hall–Kier alpha value is -2.58. The van der Waals surface area contributed by atoms with Gasteiger partial charge in [-0.1, -0.05) is 39.8 Å². The first-order chi connectivity index (χ1) is 13.8. The van der Waals surface area contributed by atoms with Crippen LogP contribution in [0.2, 0.25) is 0 Å². The highest BCUT2D eigenvalue weighted by Gasteiger charge is 2.50. The smallest absolute Gasteiger partial charge is 0.341 e. The number of carbonyl (C=O) groups excluding carboxylic acids is 3. The number of halogens is 3. The average Bonchev–Trinajstić information content (AvgIpc) is 2.84. The van der Waals surface area contributed by atoms with Crippen LogP contribution in [0, 0.1) is 11.8 Å². The van der Waals surface area contributed by atoms with Gasteiger partial charge < -0.3 is 10.2 Å². The standard InChI is InChI=1S/C21H28F3N3O3/c1-13(2)10-26(11-14(3)4)17(28)12-27-18(29)20(5,25-19(27)30)15-7-6-8-16(9-15)21(22,23)24/h6-9,13-14H,10-12H2,1-5H3,(H,25,30). The monoisotopic (exact) mass is 427 g/mol. The van der Waals surface area contributed by atoms with E-state index in [0.29, 0.717) is 13.1 Å². The lowest BCUT2D eigenvalue weighted by Gasteiger charge is -2.28. The van der Waals surface area contributed by atoms with Crippen LogP contribution in [0.1, 0.15) is 45.7 Å². The molecule has 0 radical (unpaired) electrons. The Morgan fingerprint density at radius 3 is 2.20 bits per heavy atom. The van der Waals surface area contributed by atoms with Gasteiger partial charge in [0, 0.05) is 13.1 Å². The van der Waals surface area contributed by atoms with Crippen LogP contribution >= 0.6 is 0 Å².